The number of fused-ring (bicyclic) bond motifs is 1. The highest BCUT2D eigenvalue weighted by molar-refractivity contribution is 5.89. The smallest absolute Gasteiger partial charge is 0.324 e. The predicted octanol–water partition coefficient (Wildman–Crippen LogP) is 3.75. The summed E-state index contributed by atoms with van der Waals surface area (Å²) in [5.74, 6) is 0.432. The quantitative estimate of drug-likeness (QED) is 0.743. The van der Waals surface area contributed by atoms with Gasteiger partial charge >= 0.3 is 5.97 Å². The van der Waals surface area contributed by atoms with Crippen molar-refractivity contribution >= 4 is 16.9 Å². The number of nitrogens with zero attached hydrogens (tertiary/aromatic N) is 2. The largest absolute Gasteiger partial charge is 0.497 e. The van der Waals surface area contributed by atoms with Crippen LogP contribution in [0, 0.1) is 0 Å². The van der Waals surface area contributed by atoms with E-state index in [1.807, 2.05) is 54.6 Å². The molecule has 2 aromatic carbocycles. The first-order valence-corrected chi connectivity index (χ1v) is 8.87. The molecule has 1 aliphatic rings. The number of pyridine rings is 1. The van der Waals surface area contributed by atoms with Crippen LogP contribution in [0.3, 0.4) is 0 Å². The number of hydroxylamine groups is 2. The molecule has 0 unspecified atom stereocenters. The van der Waals surface area contributed by atoms with Crippen molar-refractivity contribution < 1.29 is 19.5 Å². The lowest BCUT2D eigenvalue weighted by atomic mass is 10.1. The van der Waals surface area contributed by atoms with E-state index in [-0.39, 0.29) is 0 Å². The normalized spacial score (nSPS) is 17.1. The van der Waals surface area contributed by atoms with Crippen LogP contribution in [0.2, 0.25) is 0 Å². The van der Waals surface area contributed by atoms with Gasteiger partial charge in [-0.1, -0.05) is 30.3 Å². The molecule has 0 aliphatic carbocycles. The number of hydrogen-bond acceptors (Lipinski definition) is 5. The summed E-state index contributed by atoms with van der Waals surface area (Å²) in [5.41, 5.74) is 2.46. The number of aliphatic carboxylic acids is 1. The van der Waals surface area contributed by atoms with E-state index in [0.717, 1.165) is 28.6 Å². The second kappa shape index (κ2) is 7.25. The minimum atomic E-state index is -0.865. The predicted molar refractivity (Wildman–Crippen MR) is 102 cm³/mol. The molecule has 27 heavy (non-hydrogen) atoms. The molecular formula is C21H20N2O4. The van der Waals surface area contributed by atoms with Crippen LogP contribution in [0.4, 0.5) is 0 Å². The molecular weight excluding hydrogens is 344 g/mol. The third-order valence-corrected chi connectivity index (χ3v) is 4.75. The van der Waals surface area contributed by atoms with Crippen molar-refractivity contribution in [2.75, 3.05) is 13.7 Å². The van der Waals surface area contributed by atoms with Gasteiger partial charge in [0.25, 0.3) is 0 Å². The summed E-state index contributed by atoms with van der Waals surface area (Å²) in [6.07, 6.45) is 1.37. The van der Waals surface area contributed by atoms with E-state index in [0.29, 0.717) is 24.5 Å². The summed E-state index contributed by atoms with van der Waals surface area (Å²) in [6.45, 7) is 0.581. The second-order valence-corrected chi connectivity index (χ2v) is 6.48. The topological polar surface area (TPSA) is 71.9 Å². The van der Waals surface area contributed by atoms with Crippen molar-refractivity contribution in [1.29, 1.82) is 0 Å². The summed E-state index contributed by atoms with van der Waals surface area (Å²) in [4.78, 5) is 22.3. The van der Waals surface area contributed by atoms with Gasteiger partial charge < -0.3 is 14.7 Å². The molecule has 1 atom stereocenters. The molecule has 138 valence electrons. The van der Waals surface area contributed by atoms with E-state index < -0.39 is 12.0 Å². The number of carboxylic acid groups (broad SMARTS) is 1. The number of rotatable bonds is 5. The SMILES string of the molecule is COc1ccc2c(ON3CCC[C@@H]3C(=O)O)cc(-c3ccccc3)nc2c1. The zero-order chi connectivity index (χ0) is 18.8. The molecule has 1 fully saturated rings. The maximum atomic E-state index is 11.5. The summed E-state index contributed by atoms with van der Waals surface area (Å²) in [5, 5.41) is 11.8. The minimum absolute atomic E-state index is 0.581. The molecule has 0 radical (unpaired) electrons. The first-order chi connectivity index (χ1) is 13.2. The van der Waals surface area contributed by atoms with E-state index in [1.54, 1.807) is 12.2 Å². The molecule has 1 N–H and O–H groups in total. The van der Waals surface area contributed by atoms with Crippen LogP contribution in [0.1, 0.15) is 12.8 Å². The molecule has 4 rings (SSSR count). The monoisotopic (exact) mass is 364 g/mol. The van der Waals surface area contributed by atoms with Crippen LogP contribution in [0.15, 0.2) is 54.6 Å². The first kappa shape index (κ1) is 17.3. The van der Waals surface area contributed by atoms with Gasteiger partial charge in [-0.2, -0.15) is 0 Å². The third kappa shape index (κ3) is 3.44. The van der Waals surface area contributed by atoms with Crippen molar-refractivity contribution in [2.45, 2.75) is 18.9 Å². The molecule has 1 aliphatic heterocycles. The van der Waals surface area contributed by atoms with Crippen molar-refractivity contribution in [2.24, 2.45) is 0 Å². The van der Waals surface area contributed by atoms with Crippen LogP contribution in [0.25, 0.3) is 22.2 Å². The van der Waals surface area contributed by atoms with E-state index in [2.05, 4.69) is 0 Å². The number of carbonyl (C=O) groups is 1. The third-order valence-electron chi connectivity index (χ3n) is 4.75. The fraction of sp³-hybridized carbons (Fsp3) is 0.238. The van der Waals surface area contributed by atoms with Gasteiger partial charge in [-0.15, -0.1) is 5.06 Å². The Hall–Kier alpha value is -3.12. The molecule has 0 saturated carbocycles. The van der Waals surface area contributed by atoms with Gasteiger partial charge in [0.1, 0.15) is 11.8 Å². The van der Waals surface area contributed by atoms with E-state index in [1.165, 1.54) is 0 Å². The van der Waals surface area contributed by atoms with Crippen molar-refractivity contribution in [1.82, 2.24) is 10.0 Å². The lowest BCUT2D eigenvalue weighted by Crippen LogP contribution is -2.38. The number of ether oxygens (including phenoxy) is 1. The van der Waals surface area contributed by atoms with Gasteiger partial charge in [-0.25, -0.2) is 4.98 Å². The molecule has 6 heteroatoms. The summed E-state index contributed by atoms with van der Waals surface area (Å²) in [6, 6.07) is 16.6. The van der Waals surface area contributed by atoms with Gasteiger partial charge in [0, 0.05) is 29.6 Å². The fourth-order valence-electron chi connectivity index (χ4n) is 3.36. The molecule has 0 spiro atoms. The van der Waals surface area contributed by atoms with E-state index in [4.69, 9.17) is 14.6 Å². The fourth-order valence-corrected chi connectivity index (χ4v) is 3.36. The van der Waals surface area contributed by atoms with E-state index >= 15 is 0 Å². The first-order valence-electron chi connectivity index (χ1n) is 8.87. The van der Waals surface area contributed by atoms with Gasteiger partial charge in [0.05, 0.1) is 18.3 Å². The summed E-state index contributed by atoms with van der Waals surface area (Å²) >= 11 is 0. The molecule has 0 bridgehead atoms. The van der Waals surface area contributed by atoms with Gasteiger partial charge in [0.2, 0.25) is 0 Å². The lowest BCUT2D eigenvalue weighted by Gasteiger charge is -2.22. The minimum Gasteiger partial charge on any atom is -0.497 e. The Kier molecular flexibility index (Phi) is 4.64. The Morgan fingerprint density at radius 3 is 2.74 bits per heavy atom. The Morgan fingerprint density at radius 2 is 2.00 bits per heavy atom. The molecule has 0 amide bonds. The zero-order valence-corrected chi connectivity index (χ0v) is 15.0. The molecule has 1 saturated heterocycles. The van der Waals surface area contributed by atoms with Crippen molar-refractivity contribution in [3.8, 4) is 22.8 Å². The van der Waals surface area contributed by atoms with Gasteiger partial charge in [0.15, 0.2) is 5.75 Å². The molecule has 2 heterocycles. The number of carboxylic acids is 1. The van der Waals surface area contributed by atoms with Gasteiger partial charge in [-0.3, -0.25) is 4.79 Å². The van der Waals surface area contributed by atoms with E-state index in [9.17, 15) is 9.90 Å². The Morgan fingerprint density at radius 1 is 1.19 bits per heavy atom. The van der Waals surface area contributed by atoms with Crippen LogP contribution in [-0.4, -0.2) is 40.8 Å². The highest BCUT2D eigenvalue weighted by Crippen LogP contribution is 2.33. The Balaban J connectivity index is 1.81. The maximum absolute atomic E-state index is 11.5. The maximum Gasteiger partial charge on any atom is 0.324 e. The number of methoxy groups -OCH3 is 1. The van der Waals surface area contributed by atoms with Gasteiger partial charge in [-0.05, 0) is 25.0 Å². The standard InChI is InChI=1S/C21H20N2O4/c1-26-15-9-10-16-18(12-15)22-17(14-6-3-2-4-7-14)13-20(16)27-23-11-5-8-19(23)21(24)25/h2-4,6-7,9-10,12-13,19H,5,8,11H2,1H3,(H,24,25)/t19-/m1/s1. The molecule has 1 aromatic heterocycles. The molecule has 3 aromatic rings. The lowest BCUT2D eigenvalue weighted by molar-refractivity contribution is -0.154. The highest BCUT2D eigenvalue weighted by Gasteiger charge is 2.33. The van der Waals surface area contributed by atoms with Crippen molar-refractivity contribution in [3.05, 3.63) is 54.6 Å². The van der Waals surface area contributed by atoms with Crippen LogP contribution >= 0.6 is 0 Å². The summed E-state index contributed by atoms with van der Waals surface area (Å²) in [7, 11) is 1.61. The Labute approximate surface area is 156 Å². The zero-order valence-electron chi connectivity index (χ0n) is 15.0. The van der Waals surface area contributed by atoms with Crippen LogP contribution in [-0.2, 0) is 4.79 Å². The Bertz CT molecular complexity index is 975. The molecule has 6 nitrogen and oxygen atoms in total. The highest BCUT2D eigenvalue weighted by atomic mass is 16.7. The average molecular weight is 364 g/mol. The second-order valence-electron chi connectivity index (χ2n) is 6.48. The number of hydrogen-bond donors (Lipinski definition) is 1. The van der Waals surface area contributed by atoms with Crippen molar-refractivity contribution in [3.63, 3.8) is 0 Å². The summed E-state index contributed by atoms with van der Waals surface area (Å²) < 4.78 is 5.32. The number of aromatic nitrogens is 1. The number of benzene rings is 2. The average Bonchev–Trinajstić information content (AvgIpc) is 3.16. The van der Waals surface area contributed by atoms with Crippen LogP contribution < -0.4 is 9.57 Å². The van der Waals surface area contributed by atoms with Crippen LogP contribution in [0.5, 0.6) is 11.5 Å².